The molecule has 88 valence electrons. The second kappa shape index (κ2) is 4.47. The van der Waals surface area contributed by atoms with Gasteiger partial charge in [-0.25, -0.2) is 8.42 Å². The zero-order valence-corrected chi connectivity index (χ0v) is 11.5. The lowest BCUT2D eigenvalue weighted by Crippen LogP contribution is -2.25. The molecule has 1 aliphatic heterocycles. The minimum absolute atomic E-state index is 0.229. The van der Waals surface area contributed by atoms with E-state index in [2.05, 4.69) is 15.9 Å². The first-order valence-corrected chi connectivity index (χ1v) is 7.60. The second-order valence-electron chi connectivity index (χ2n) is 4.27. The molecule has 0 saturated carbocycles. The summed E-state index contributed by atoms with van der Waals surface area (Å²) in [5, 5.41) is 0. The molecule has 1 aromatic rings. The first-order valence-electron chi connectivity index (χ1n) is 5.20. The average Bonchev–Trinajstić information content (AvgIpc) is 2.43. The number of rotatable bonds is 2. The number of halogens is 1. The van der Waals surface area contributed by atoms with Crippen molar-refractivity contribution in [2.75, 3.05) is 12.3 Å². The topological polar surface area (TPSA) is 37.4 Å². The maximum absolute atomic E-state index is 11.8. The summed E-state index contributed by atoms with van der Waals surface area (Å²) in [4.78, 5) is 0. The van der Waals surface area contributed by atoms with E-state index >= 15 is 0 Å². The molecule has 1 atom stereocenters. The SMILES string of the molecule is CC1CN(Cc2ccccc2Br)S(=O)(=O)C1. The van der Waals surface area contributed by atoms with Gasteiger partial charge in [0, 0.05) is 17.6 Å². The van der Waals surface area contributed by atoms with Crippen LogP contribution < -0.4 is 0 Å². The van der Waals surface area contributed by atoms with Gasteiger partial charge in [0.1, 0.15) is 0 Å². The van der Waals surface area contributed by atoms with E-state index in [1.54, 1.807) is 4.31 Å². The van der Waals surface area contributed by atoms with Crippen molar-refractivity contribution in [3.05, 3.63) is 34.3 Å². The Hall–Kier alpha value is -0.390. The largest absolute Gasteiger partial charge is 0.214 e. The molecular formula is C11H14BrNO2S. The van der Waals surface area contributed by atoms with Gasteiger partial charge in [-0.3, -0.25) is 0 Å². The quantitative estimate of drug-likeness (QED) is 0.840. The Morgan fingerprint density at radius 1 is 1.44 bits per heavy atom. The Labute approximate surface area is 105 Å². The maximum Gasteiger partial charge on any atom is 0.214 e. The van der Waals surface area contributed by atoms with E-state index in [1.807, 2.05) is 31.2 Å². The van der Waals surface area contributed by atoms with Crippen LogP contribution in [0.4, 0.5) is 0 Å². The predicted octanol–water partition coefficient (Wildman–Crippen LogP) is 2.23. The molecule has 0 bridgehead atoms. The van der Waals surface area contributed by atoms with Crippen LogP contribution in [0.1, 0.15) is 12.5 Å². The Morgan fingerprint density at radius 2 is 2.12 bits per heavy atom. The Morgan fingerprint density at radius 3 is 2.69 bits per heavy atom. The van der Waals surface area contributed by atoms with Gasteiger partial charge in [0.25, 0.3) is 0 Å². The van der Waals surface area contributed by atoms with Crippen LogP contribution in [0.5, 0.6) is 0 Å². The van der Waals surface area contributed by atoms with Gasteiger partial charge in [-0.05, 0) is 17.5 Å². The molecule has 0 spiro atoms. The summed E-state index contributed by atoms with van der Waals surface area (Å²) in [7, 11) is -3.04. The van der Waals surface area contributed by atoms with Crippen LogP contribution in [-0.4, -0.2) is 25.0 Å². The average molecular weight is 304 g/mol. The van der Waals surface area contributed by atoms with Gasteiger partial charge in [0.15, 0.2) is 0 Å². The zero-order chi connectivity index (χ0) is 11.8. The summed E-state index contributed by atoms with van der Waals surface area (Å²) >= 11 is 3.43. The molecule has 0 aliphatic carbocycles. The van der Waals surface area contributed by atoms with E-state index < -0.39 is 10.0 Å². The van der Waals surface area contributed by atoms with Crippen molar-refractivity contribution in [3.8, 4) is 0 Å². The van der Waals surface area contributed by atoms with Crippen LogP contribution in [0.25, 0.3) is 0 Å². The summed E-state index contributed by atoms with van der Waals surface area (Å²) in [5.74, 6) is 0.504. The molecule has 1 aromatic carbocycles. The highest BCUT2D eigenvalue weighted by Crippen LogP contribution is 2.24. The van der Waals surface area contributed by atoms with Crippen molar-refractivity contribution in [1.29, 1.82) is 0 Å². The van der Waals surface area contributed by atoms with E-state index in [9.17, 15) is 8.42 Å². The number of hydrogen-bond donors (Lipinski definition) is 0. The monoisotopic (exact) mass is 303 g/mol. The third-order valence-electron chi connectivity index (χ3n) is 2.71. The van der Waals surface area contributed by atoms with Gasteiger partial charge in [-0.15, -0.1) is 0 Å². The fraction of sp³-hybridized carbons (Fsp3) is 0.455. The highest BCUT2D eigenvalue weighted by Gasteiger charge is 2.33. The normalized spacial score (nSPS) is 24.8. The molecule has 0 N–H and O–H groups in total. The molecule has 3 nitrogen and oxygen atoms in total. The van der Waals surface area contributed by atoms with E-state index in [-0.39, 0.29) is 11.7 Å². The van der Waals surface area contributed by atoms with Crippen LogP contribution in [0.3, 0.4) is 0 Å². The molecule has 5 heteroatoms. The minimum Gasteiger partial charge on any atom is -0.212 e. The maximum atomic E-state index is 11.8. The minimum atomic E-state index is -3.04. The molecule has 1 saturated heterocycles. The number of benzene rings is 1. The summed E-state index contributed by atoms with van der Waals surface area (Å²) in [5.41, 5.74) is 1.01. The van der Waals surface area contributed by atoms with E-state index in [4.69, 9.17) is 0 Å². The van der Waals surface area contributed by atoms with Crippen LogP contribution in [0.2, 0.25) is 0 Å². The molecule has 0 aromatic heterocycles. The fourth-order valence-corrected chi connectivity index (χ4v) is 4.22. The third kappa shape index (κ3) is 2.47. The smallest absolute Gasteiger partial charge is 0.212 e. The molecular weight excluding hydrogens is 290 g/mol. The lowest BCUT2D eigenvalue weighted by molar-refractivity contribution is 0.408. The standard InChI is InChI=1S/C11H14BrNO2S/c1-9-6-13(16(14,15)8-9)7-10-4-2-3-5-11(10)12/h2-5,9H,6-8H2,1H3. The summed E-state index contributed by atoms with van der Waals surface area (Å²) < 4.78 is 26.1. The van der Waals surface area contributed by atoms with Crippen molar-refractivity contribution in [2.45, 2.75) is 13.5 Å². The van der Waals surface area contributed by atoms with Crippen molar-refractivity contribution in [1.82, 2.24) is 4.31 Å². The van der Waals surface area contributed by atoms with Crippen molar-refractivity contribution >= 4 is 26.0 Å². The van der Waals surface area contributed by atoms with Gasteiger partial charge in [-0.2, -0.15) is 4.31 Å². The Balaban J connectivity index is 2.20. The highest BCUT2D eigenvalue weighted by atomic mass is 79.9. The molecule has 0 radical (unpaired) electrons. The predicted molar refractivity (Wildman–Crippen MR) is 67.5 cm³/mol. The van der Waals surface area contributed by atoms with Gasteiger partial charge in [0.05, 0.1) is 5.75 Å². The van der Waals surface area contributed by atoms with Crippen LogP contribution >= 0.6 is 15.9 Å². The van der Waals surface area contributed by atoms with E-state index in [1.165, 1.54) is 0 Å². The van der Waals surface area contributed by atoms with Crippen LogP contribution in [0, 0.1) is 5.92 Å². The first-order chi connectivity index (χ1) is 7.49. The summed E-state index contributed by atoms with van der Waals surface area (Å²) in [6.45, 7) is 3.06. The Bertz CT molecular complexity index is 487. The summed E-state index contributed by atoms with van der Waals surface area (Å²) in [6.07, 6.45) is 0. The third-order valence-corrected chi connectivity index (χ3v) is 5.54. The van der Waals surface area contributed by atoms with Gasteiger partial charge in [-0.1, -0.05) is 41.1 Å². The number of nitrogens with zero attached hydrogens (tertiary/aromatic N) is 1. The van der Waals surface area contributed by atoms with E-state index in [0.29, 0.717) is 13.1 Å². The molecule has 1 fully saturated rings. The Kier molecular flexibility index (Phi) is 3.37. The molecule has 1 heterocycles. The molecule has 0 amide bonds. The summed E-state index contributed by atoms with van der Waals surface area (Å²) in [6, 6.07) is 7.73. The lowest BCUT2D eigenvalue weighted by Gasteiger charge is -2.15. The molecule has 2 rings (SSSR count). The zero-order valence-electron chi connectivity index (χ0n) is 9.06. The van der Waals surface area contributed by atoms with E-state index in [0.717, 1.165) is 10.0 Å². The van der Waals surface area contributed by atoms with Gasteiger partial charge in [0.2, 0.25) is 10.0 Å². The highest BCUT2D eigenvalue weighted by molar-refractivity contribution is 9.10. The lowest BCUT2D eigenvalue weighted by atomic mass is 10.2. The van der Waals surface area contributed by atoms with Crippen molar-refractivity contribution in [3.63, 3.8) is 0 Å². The number of sulfonamides is 1. The van der Waals surface area contributed by atoms with Crippen LogP contribution in [0.15, 0.2) is 28.7 Å². The number of hydrogen-bond acceptors (Lipinski definition) is 2. The second-order valence-corrected chi connectivity index (χ2v) is 7.14. The van der Waals surface area contributed by atoms with Crippen molar-refractivity contribution in [2.24, 2.45) is 5.92 Å². The first kappa shape index (κ1) is 12.1. The van der Waals surface area contributed by atoms with Crippen molar-refractivity contribution < 1.29 is 8.42 Å². The molecule has 1 aliphatic rings. The van der Waals surface area contributed by atoms with Crippen LogP contribution in [-0.2, 0) is 16.6 Å². The van der Waals surface area contributed by atoms with Gasteiger partial charge >= 0.3 is 0 Å². The molecule has 16 heavy (non-hydrogen) atoms. The molecule has 1 unspecified atom stereocenters. The fourth-order valence-electron chi connectivity index (χ4n) is 1.96. The van der Waals surface area contributed by atoms with Gasteiger partial charge < -0.3 is 0 Å².